The lowest BCUT2D eigenvalue weighted by Crippen LogP contribution is -2.49. The van der Waals surface area contributed by atoms with Crippen LogP contribution >= 0.6 is 11.8 Å². The van der Waals surface area contributed by atoms with E-state index in [1.165, 1.54) is 17.8 Å². The maximum absolute atomic E-state index is 14.3. The molecule has 0 spiro atoms. The first-order valence-electron chi connectivity index (χ1n) is 13.2. The molecule has 5 rings (SSSR count). The van der Waals surface area contributed by atoms with Crippen molar-refractivity contribution in [1.29, 1.82) is 0 Å². The Labute approximate surface area is 233 Å². The van der Waals surface area contributed by atoms with E-state index in [4.69, 9.17) is 9.73 Å². The summed E-state index contributed by atoms with van der Waals surface area (Å²) >= 11 is 1.46. The number of nitrogens with zero attached hydrogens (tertiary/aromatic N) is 4. The molecule has 0 bridgehead atoms. The third-order valence-corrected chi connectivity index (χ3v) is 8.00. The molecule has 1 amide bonds. The van der Waals surface area contributed by atoms with Crippen molar-refractivity contribution >= 4 is 34.5 Å². The molecule has 0 unspecified atom stereocenters. The van der Waals surface area contributed by atoms with Crippen molar-refractivity contribution in [3.05, 3.63) is 87.9 Å². The second-order valence-corrected chi connectivity index (χ2v) is 11.1. The van der Waals surface area contributed by atoms with Gasteiger partial charge in [0.05, 0.1) is 35.5 Å². The minimum atomic E-state index is -0.448. The minimum Gasteiger partial charge on any atom is -0.459 e. The van der Waals surface area contributed by atoms with Crippen LogP contribution in [0.2, 0.25) is 0 Å². The number of aliphatic imine (C=N–C) groups is 1. The summed E-state index contributed by atoms with van der Waals surface area (Å²) in [6, 6.07) is 14.4. The number of halogens is 1. The highest BCUT2D eigenvalue weighted by molar-refractivity contribution is 8.16. The SMILES string of the molecule is CC1=C(C(=O)OC(C)C)[C@H](c2ccc(C)cc2)N2C(CC(=O)N3CCN(c4ccccc4F)CC3)=CSC2=N1. The van der Waals surface area contributed by atoms with E-state index >= 15 is 0 Å². The molecule has 1 fully saturated rings. The predicted octanol–water partition coefficient (Wildman–Crippen LogP) is 5.40. The second kappa shape index (κ2) is 11.3. The van der Waals surface area contributed by atoms with Gasteiger partial charge in [0.1, 0.15) is 5.82 Å². The number of hydrogen-bond acceptors (Lipinski definition) is 7. The third kappa shape index (κ3) is 5.59. The fourth-order valence-electron chi connectivity index (χ4n) is 5.14. The number of anilines is 1. The van der Waals surface area contributed by atoms with E-state index in [-0.39, 0.29) is 24.2 Å². The minimum absolute atomic E-state index is 0.00322. The fourth-order valence-corrected chi connectivity index (χ4v) is 6.11. The Morgan fingerprint density at radius 1 is 1.05 bits per heavy atom. The third-order valence-electron chi connectivity index (χ3n) is 7.11. The van der Waals surface area contributed by atoms with Crippen molar-refractivity contribution in [3.8, 4) is 0 Å². The molecule has 1 saturated heterocycles. The van der Waals surface area contributed by atoms with E-state index in [2.05, 4.69) is 0 Å². The number of fused-ring (bicyclic) bond motifs is 1. The molecule has 204 valence electrons. The summed E-state index contributed by atoms with van der Waals surface area (Å²) in [5.41, 5.74) is 4.52. The van der Waals surface area contributed by atoms with Crippen molar-refractivity contribution in [2.24, 2.45) is 4.99 Å². The van der Waals surface area contributed by atoms with Crippen molar-refractivity contribution in [1.82, 2.24) is 9.80 Å². The Balaban J connectivity index is 1.36. The summed E-state index contributed by atoms with van der Waals surface area (Å²) in [7, 11) is 0. The van der Waals surface area contributed by atoms with Gasteiger partial charge in [0, 0.05) is 31.9 Å². The van der Waals surface area contributed by atoms with E-state index in [0.29, 0.717) is 43.1 Å². The maximum atomic E-state index is 14.3. The smallest absolute Gasteiger partial charge is 0.338 e. The lowest BCUT2D eigenvalue weighted by Gasteiger charge is -2.38. The molecule has 0 radical (unpaired) electrons. The number of rotatable bonds is 6. The maximum Gasteiger partial charge on any atom is 0.338 e. The second-order valence-electron chi connectivity index (χ2n) is 10.3. The van der Waals surface area contributed by atoms with E-state index in [1.54, 1.807) is 12.1 Å². The number of amides is 1. The topological polar surface area (TPSA) is 65.5 Å². The van der Waals surface area contributed by atoms with E-state index in [9.17, 15) is 14.0 Å². The number of hydrogen-bond donors (Lipinski definition) is 0. The van der Waals surface area contributed by atoms with Crippen LogP contribution in [0.1, 0.15) is 44.4 Å². The van der Waals surface area contributed by atoms with Crippen LogP contribution in [0.4, 0.5) is 10.1 Å². The number of allylic oxidation sites excluding steroid dienone is 1. The molecule has 2 aromatic rings. The van der Waals surface area contributed by atoms with Gasteiger partial charge in [0.2, 0.25) is 5.91 Å². The van der Waals surface area contributed by atoms with Crippen LogP contribution in [0, 0.1) is 12.7 Å². The van der Waals surface area contributed by atoms with Gasteiger partial charge in [0.15, 0.2) is 5.17 Å². The summed E-state index contributed by atoms with van der Waals surface area (Å²) in [5, 5.41) is 2.70. The Morgan fingerprint density at radius 2 is 1.74 bits per heavy atom. The Kier molecular flexibility index (Phi) is 7.79. The van der Waals surface area contributed by atoms with Crippen LogP contribution in [0.25, 0.3) is 0 Å². The van der Waals surface area contributed by atoms with E-state index < -0.39 is 12.0 Å². The van der Waals surface area contributed by atoms with Gasteiger partial charge in [-0.1, -0.05) is 53.7 Å². The number of amidine groups is 1. The molecule has 2 aromatic carbocycles. The summed E-state index contributed by atoms with van der Waals surface area (Å²) in [6.07, 6.45) is -0.0889. The highest BCUT2D eigenvalue weighted by Crippen LogP contribution is 2.45. The van der Waals surface area contributed by atoms with Crippen LogP contribution in [0.5, 0.6) is 0 Å². The largest absolute Gasteiger partial charge is 0.459 e. The summed E-state index contributed by atoms with van der Waals surface area (Å²) < 4.78 is 19.9. The molecule has 39 heavy (non-hydrogen) atoms. The zero-order valence-electron chi connectivity index (χ0n) is 22.7. The van der Waals surface area contributed by atoms with Crippen LogP contribution < -0.4 is 4.90 Å². The number of ether oxygens (including phenoxy) is 1. The molecule has 0 N–H and O–H groups in total. The molecule has 3 aliphatic heterocycles. The number of carbonyl (C=O) groups is 2. The number of carbonyl (C=O) groups excluding carboxylic acids is 2. The summed E-state index contributed by atoms with van der Waals surface area (Å²) in [4.78, 5) is 37.3. The molecule has 0 saturated carbocycles. The molecular weight excluding hydrogens is 515 g/mol. The molecule has 3 aliphatic rings. The van der Waals surface area contributed by atoms with Gasteiger partial charge in [-0.3, -0.25) is 4.79 Å². The average Bonchev–Trinajstić information content (AvgIpc) is 3.30. The molecule has 9 heteroatoms. The molecule has 1 atom stereocenters. The molecule has 0 aliphatic carbocycles. The zero-order valence-corrected chi connectivity index (χ0v) is 23.5. The number of para-hydroxylation sites is 1. The first-order valence-corrected chi connectivity index (χ1v) is 14.1. The van der Waals surface area contributed by atoms with Gasteiger partial charge < -0.3 is 19.4 Å². The fraction of sp³-hybridized carbons (Fsp3) is 0.367. The highest BCUT2D eigenvalue weighted by atomic mass is 32.2. The van der Waals surface area contributed by atoms with Gasteiger partial charge >= 0.3 is 5.97 Å². The Hall–Kier alpha value is -3.59. The van der Waals surface area contributed by atoms with Gasteiger partial charge in [-0.2, -0.15) is 0 Å². The molecule has 7 nitrogen and oxygen atoms in total. The molecular formula is C30H33FN4O3S. The number of benzene rings is 2. The van der Waals surface area contributed by atoms with Gasteiger partial charge in [-0.25, -0.2) is 14.2 Å². The zero-order chi connectivity index (χ0) is 27.7. The highest BCUT2D eigenvalue weighted by Gasteiger charge is 2.41. The number of piperazine rings is 1. The first kappa shape index (κ1) is 27.0. The monoisotopic (exact) mass is 548 g/mol. The van der Waals surface area contributed by atoms with Crippen LogP contribution in [0.3, 0.4) is 0 Å². The summed E-state index contributed by atoms with van der Waals surface area (Å²) in [5.74, 6) is -0.654. The number of aryl methyl sites for hydroxylation is 1. The quantitative estimate of drug-likeness (QED) is 0.451. The van der Waals surface area contributed by atoms with Gasteiger partial charge in [0.25, 0.3) is 0 Å². The lowest BCUT2D eigenvalue weighted by molar-refractivity contribution is -0.143. The normalized spacial score (nSPS) is 19.2. The molecule has 3 heterocycles. The van der Waals surface area contributed by atoms with Crippen molar-refractivity contribution in [3.63, 3.8) is 0 Å². The van der Waals surface area contributed by atoms with Gasteiger partial charge in [-0.15, -0.1) is 0 Å². The van der Waals surface area contributed by atoms with Crippen molar-refractivity contribution in [2.45, 2.75) is 46.3 Å². The predicted molar refractivity (Wildman–Crippen MR) is 153 cm³/mol. The lowest BCUT2D eigenvalue weighted by atomic mass is 9.93. The van der Waals surface area contributed by atoms with Gasteiger partial charge in [-0.05, 0) is 50.8 Å². The van der Waals surface area contributed by atoms with Crippen LogP contribution in [-0.4, -0.2) is 59.1 Å². The average molecular weight is 549 g/mol. The van der Waals surface area contributed by atoms with Crippen molar-refractivity contribution < 1.29 is 18.7 Å². The number of esters is 1. The van der Waals surface area contributed by atoms with E-state index in [0.717, 1.165) is 22.0 Å². The first-order chi connectivity index (χ1) is 18.7. The van der Waals surface area contributed by atoms with Crippen molar-refractivity contribution in [2.75, 3.05) is 31.1 Å². The molecule has 0 aromatic heterocycles. The Bertz CT molecular complexity index is 1360. The van der Waals surface area contributed by atoms with E-state index in [1.807, 2.05) is 78.1 Å². The Morgan fingerprint density at radius 3 is 2.41 bits per heavy atom. The standard InChI is InChI=1S/C30H33FN4O3S/c1-19(2)38-29(37)27-21(4)32-30-35(28(27)22-11-9-20(3)10-12-22)23(18-39-30)17-26(36)34-15-13-33(14-16-34)25-8-6-5-7-24(25)31/h5-12,18-19,28H,13-17H2,1-4H3/t28-/m0/s1. The van der Waals surface area contributed by atoms with Crippen LogP contribution in [-0.2, 0) is 14.3 Å². The number of thioether (sulfide) groups is 1. The summed E-state index contributed by atoms with van der Waals surface area (Å²) in [6.45, 7) is 9.67. The van der Waals surface area contributed by atoms with Crippen LogP contribution in [0.15, 0.2) is 75.9 Å².